The normalized spacial score (nSPS) is 10.6. The van der Waals surface area contributed by atoms with Crippen LogP contribution < -0.4 is 14.9 Å². The van der Waals surface area contributed by atoms with Gasteiger partial charge < -0.3 is 18.6 Å². The molecule has 33 heavy (non-hydrogen) atoms. The molecule has 7 heteroatoms. The quantitative estimate of drug-likeness (QED) is 0.313. The molecule has 0 aliphatic carbocycles. The van der Waals surface area contributed by atoms with Gasteiger partial charge in [-0.05, 0) is 47.5 Å². The van der Waals surface area contributed by atoms with Crippen LogP contribution in [0.15, 0.2) is 82.2 Å². The van der Waals surface area contributed by atoms with E-state index < -0.39 is 11.9 Å². The highest BCUT2D eigenvalue weighted by Crippen LogP contribution is 2.25. The summed E-state index contributed by atoms with van der Waals surface area (Å²) in [5.74, 6) is 0.0891. The molecule has 4 aromatic rings. The van der Waals surface area contributed by atoms with Crippen molar-refractivity contribution in [3.63, 3.8) is 0 Å². The van der Waals surface area contributed by atoms with Gasteiger partial charge in [-0.1, -0.05) is 24.3 Å². The smallest absolute Gasteiger partial charge is 0.337 e. The van der Waals surface area contributed by atoms with E-state index in [4.69, 9.17) is 18.6 Å². The van der Waals surface area contributed by atoms with Crippen LogP contribution in [-0.2, 0) is 16.1 Å². The lowest BCUT2D eigenvalue weighted by Gasteiger charge is -2.09. The van der Waals surface area contributed by atoms with Crippen LogP contribution in [-0.4, -0.2) is 19.0 Å². The number of esters is 2. The third kappa shape index (κ3) is 4.93. The number of fused-ring (bicyclic) bond motifs is 1. The van der Waals surface area contributed by atoms with Crippen LogP contribution in [0.3, 0.4) is 0 Å². The summed E-state index contributed by atoms with van der Waals surface area (Å²) in [4.78, 5) is 35.7. The van der Waals surface area contributed by atoms with Gasteiger partial charge in [-0.25, -0.2) is 4.79 Å². The minimum atomic E-state index is -0.416. The first-order valence-corrected chi connectivity index (χ1v) is 10.1. The van der Waals surface area contributed by atoms with E-state index in [1.54, 1.807) is 60.7 Å². The third-order valence-corrected chi connectivity index (χ3v) is 4.93. The first-order valence-electron chi connectivity index (χ1n) is 10.1. The second-order valence-electron chi connectivity index (χ2n) is 7.24. The van der Waals surface area contributed by atoms with Crippen molar-refractivity contribution in [1.29, 1.82) is 0 Å². The van der Waals surface area contributed by atoms with Gasteiger partial charge in [0, 0.05) is 13.0 Å². The summed E-state index contributed by atoms with van der Waals surface area (Å²) >= 11 is 0. The SMILES string of the molecule is COC(=O)c1cccc(COc2ccc3c(=O)c(-c4ccc(OC(C)=O)cc4)coc3c2)c1. The van der Waals surface area contributed by atoms with Gasteiger partial charge in [-0.3, -0.25) is 9.59 Å². The number of hydrogen-bond donors (Lipinski definition) is 0. The van der Waals surface area contributed by atoms with Gasteiger partial charge >= 0.3 is 11.9 Å². The van der Waals surface area contributed by atoms with Crippen molar-refractivity contribution in [2.45, 2.75) is 13.5 Å². The van der Waals surface area contributed by atoms with E-state index in [2.05, 4.69) is 0 Å². The molecule has 0 radical (unpaired) electrons. The Balaban J connectivity index is 1.54. The lowest BCUT2D eigenvalue weighted by molar-refractivity contribution is -0.131. The van der Waals surface area contributed by atoms with Crippen molar-refractivity contribution in [2.24, 2.45) is 0 Å². The molecule has 0 N–H and O–H groups in total. The molecule has 1 aromatic heterocycles. The molecule has 166 valence electrons. The summed E-state index contributed by atoms with van der Waals surface area (Å²) in [6, 6.07) is 18.6. The summed E-state index contributed by atoms with van der Waals surface area (Å²) in [6.45, 7) is 1.55. The van der Waals surface area contributed by atoms with Gasteiger partial charge in [-0.15, -0.1) is 0 Å². The maximum absolute atomic E-state index is 13.0. The summed E-state index contributed by atoms with van der Waals surface area (Å²) in [5, 5.41) is 0.414. The number of hydrogen-bond acceptors (Lipinski definition) is 7. The number of benzene rings is 3. The standard InChI is InChI=1S/C26H20O7/c1-16(27)33-20-8-6-18(7-9-20)23-15-32-24-13-21(10-11-22(24)25(23)28)31-14-17-4-3-5-19(12-17)26(29)30-2/h3-13,15H,14H2,1-2H3. The second-order valence-corrected chi connectivity index (χ2v) is 7.24. The predicted molar refractivity (Wildman–Crippen MR) is 121 cm³/mol. The summed E-state index contributed by atoms with van der Waals surface area (Å²) in [7, 11) is 1.33. The highest BCUT2D eigenvalue weighted by molar-refractivity contribution is 5.89. The van der Waals surface area contributed by atoms with Gasteiger partial charge in [0.15, 0.2) is 5.43 Å². The van der Waals surface area contributed by atoms with Crippen LogP contribution >= 0.6 is 0 Å². The minimum absolute atomic E-state index is 0.186. The number of rotatable bonds is 6. The topological polar surface area (TPSA) is 92.0 Å². The maximum atomic E-state index is 13.0. The Morgan fingerprint density at radius 3 is 2.42 bits per heavy atom. The van der Waals surface area contributed by atoms with Gasteiger partial charge in [0.2, 0.25) is 0 Å². The Morgan fingerprint density at radius 1 is 0.939 bits per heavy atom. The highest BCUT2D eigenvalue weighted by atomic mass is 16.5. The molecule has 4 rings (SSSR count). The molecule has 0 aliphatic heterocycles. The van der Waals surface area contributed by atoms with E-state index in [9.17, 15) is 14.4 Å². The zero-order chi connectivity index (χ0) is 23.4. The molecule has 0 fully saturated rings. The monoisotopic (exact) mass is 444 g/mol. The van der Waals surface area contributed by atoms with Crippen LogP contribution in [0.1, 0.15) is 22.8 Å². The zero-order valence-corrected chi connectivity index (χ0v) is 18.0. The molecule has 0 saturated heterocycles. The van der Waals surface area contributed by atoms with Crippen molar-refractivity contribution in [2.75, 3.05) is 7.11 Å². The largest absolute Gasteiger partial charge is 0.489 e. The van der Waals surface area contributed by atoms with Crippen molar-refractivity contribution < 1.29 is 28.2 Å². The first-order chi connectivity index (χ1) is 15.9. The van der Waals surface area contributed by atoms with Crippen LogP contribution in [0.5, 0.6) is 11.5 Å². The van der Waals surface area contributed by atoms with E-state index >= 15 is 0 Å². The van der Waals surface area contributed by atoms with E-state index in [1.807, 2.05) is 6.07 Å². The Bertz CT molecular complexity index is 1380. The Hall–Kier alpha value is -4.39. The number of carbonyl (C=O) groups is 2. The molecule has 0 aliphatic rings. The molecule has 0 spiro atoms. The Kier molecular flexibility index (Phi) is 6.22. The highest BCUT2D eigenvalue weighted by Gasteiger charge is 2.11. The molecule has 1 heterocycles. The minimum Gasteiger partial charge on any atom is -0.489 e. The van der Waals surface area contributed by atoms with Crippen LogP contribution in [0, 0.1) is 0 Å². The molecule has 7 nitrogen and oxygen atoms in total. The maximum Gasteiger partial charge on any atom is 0.337 e. The van der Waals surface area contributed by atoms with Crippen molar-refractivity contribution in [3.05, 3.63) is 94.3 Å². The first kappa shape index (κ1) is 21.8. The molecule has 0 saturated carbocycles. The summed E-state index contributed by atoms with van der Waals surface area (Å²) < 4.78 is 21.3. The van der Waals surface area contributed by atoms with Crippen LogP contribution in [0.4, 0.5) is 0 Å². The Labute approximate surface area is 189 Å². The molecule has 0 amide bonds. The fraction of sp³-hybridized carbons (Fsp3) is 0.115. The predicted octanol–water partition coefficient (Wildman–Crippen LogP) is 4.75. The molecule has 3 aromatic carbocycles. The van der Waals surface area contributed by atoms with Gasteiger partial charge in [0.1, 0.15) is 30.0 Å². The summed E-state index contributed by atoms with van der Waals surface area (Å²) in [5.41, 5.74) is 2.48. The molecular formula is C26H20O7. The molecule has 0 atom stereocenters. The zero-order valence-electron chi connectivity index (χ0n) is 18.0. The van der Waals surface area contributed by atoms with Crippen molar-refractivity contribution in [3.8, 4) is 22.6 Å². The van der Waals surface area contributed by atoms with E-state index in [0.717, 1.165) is 5.56 Å². The number of ether oxygens (including phenoxy) is 3. The van der Waals surface area contributed by atoms with E-state index in [0.29, 0.717) is 39.2 Å². The number of methoxy groups -OCH3 is 1. The molecule has 0 unspecified atom stereocenters. The van der Waals surface area contributed by atoms with Crippen LogP contribution in [0.25, 0.3) is 22.1 Å². The van der Waals surface area contributed by atoms with Gasteiger partial charge in [0.05, 0.1) is 23.6 Å². The number of carbonyl (C=O) groups excluding carboxylic acids is 2. The summed E-state index contributed by atoms with van der Waals surface area (Å²) in [6.07, 6.45) is 1.40. The average molecular weight is 444 g/mol. The lowest BCUT2D eigenvalue weighted by Crippen LogP contribution is -2.06. The average Bonchev–Trinajstić information content (AvgIpc) is 2.83. The molecular weight excluding hydrogens is 424 g/mol. The second kappa shape index (κ2) is 9.40. The van der Waals surface area contributed by atoms with Crippen molar-refractivity contribution >= 4 is 22.9 Å². The van der Waals surface area contributed by atoms with E-state index in [1.165, 1.54) is 20.3 Å². The third-order valence-electron chi connectivity index (χ3n) is 4.93. The lowest BCUT2D eigenvalue weighted by atomic mass is 10.1. The Morgan fingerprint density at radius 2 is 1.70 bits per heavy atom. The van der Waals surface area contributed by atoms with Gasteiger partial charge in [0.25, 0.3) is 0 Å². The van der Waals surface area contributed by atoms with E-state index in [-0.39, 0.29) is 12.0 Å². The van der Waals surface area contributed by atoms with Crippen molar-refractivity contribution in [1.82, 2.24) is 0 Å². The fourth-order valence-electron chi connectivity index (χ4n) is 3.34. The van der Waals surface area contributed by atoms with Crippen LogP contribution in [0.2, 0.25) is 0 Å². The molecule has 0 bridgehead atoms. The van der Waals surface area contributed by atoms with Gasteiger partial charge in [-0.2, -0.15) is 0 Å². The fourth-order valence-corrected chi connectivity index (χ4v) is 3.34.